The lowest BCUT2D eigenvalue weighted by molar-refractivity contribution is 0.203. The third-order valence-corrected chi connectivity index (χ3v) is 3.12. The summed E-state index contributed by atoms with van der Waals surface area (Å²) in [6.07, 6.45) is 4.11. The SMILES string of the molecule is Cc1cccnc1CN1CCC(N)CC1. The van der Waals surface area contributed by atoms with Gasteiger partial charge in [0, 0.05) is 31.9 Å². The third-order valence-electron chi connectivity index (χ3n) is 3.12. The van der Waals surface area contributed by atoms with Gasteiger partial charge in [-0.3, -0.25) is 9.88 Å². The van der Waals surface area contributed by atoms with Crippen molar-refractivity contribution in [2.45, 2.75) is 32.4 Å². The van der Waals surface area contributed by atoms with Crippen molar-refractivity contribution in [1.82, 2.24) is 9.88 Å². The van der Waals surface area contributed by atoms with Gasteiger partial charge in [0.2, 0.25) is 0 Å². The van der Waals surface area contributed by atoms with E-state index >= 15 is 0 Å². The molecule has 1 aromatic rings. The fraction of sp³-hybridized carbons (Fsp3) is 0.583. The standard InChI is InChI=1S/C12H19N3/c1-10-3-2-6-14-12(10)9-15-7-4-11(13)5-8-15/h2-3,6,11H,4-5,7-9,13H2,1H3. The number of pyridine rings is 1. The Bertz CT molecular complexity index is 316. The summed E-state index contributed by atoms with van der Waals surface area (Å²) < 4.78 is 0. The van der Waals surface area contributed by atoms with Crippen molar-refractivity contribution in [3.05, 3.63) is 29.6 Å². The van der Waals surface area contributed by atoms with E-state index in [-0.39, 0.29) is 0 Å². The second kappa shape index (κ2) is 4.73. The Morgan fingerprint density at radius 1 is 1.47 bits per heavy atom. The predicted octanol–water partition coefficient (Wildman–Crippen LogP) is 1.31. The molecular weight excluding hydrogens is 186 g/mol. The van der Waals surface area contributed by atoms with Crippen LogP contribution in [0.3, 0.4) is 0 Å². The van der Waals surface area contributed by atoms with Crippen LogP contribution in [0.25, 0.3) is 0 Å². The Hall–Kier alpha value is -0.930. The van der Waals surface area contributed by atoms with Crippen LogP contribution in [-0.4, -0.2) is 29.0 Å². The Morgan fingerprint density at radius 2 is 2.20 bits per heavy atom. The minimum Gasteiger partial charge on any atom is -0.328 e. The lowest BCUT2D eigenvalue weighted by Gasteiger charge is -2.29. The number of aryl methyl sites for hydroxylation is 1. The molecule has 1 aliphatic heterocycles. The summed E-state index contributed by atoms with van der Waals surface area (Å²) in [5.41, 5.74) is 8.36. The second-order valence-corrected chi connectivity index (χ2v) is 4.38. The average Bonchev–Trinajstić information content (AvgIpc) is 2.25. The zero-order valence-electron chi connectivity index (χ0n) is 9.32. The number of nitrogens with two attached hydrogens (primary N) is 1. The number of aromatic nitrogens is 1. The number of nitrogens with zero attached hydrogens (tertiary/aromatic N) is 2. The smallest absolute Gasteiger partial charge is 0.0573 e. The molecule has 2 rings (SSSR count). The van der Waals surface area contributed by atoms with Gasteiger partial charge in [-0.2, -0.15) is 0 Å². The van der Waals surface area contributed by atoms with E-state index in [2.05, 4.69) is 22.9 Å². The molecule has 0 aliphatic carbocycles. The van der Waals surface area contributed by atoms with E-state index in [0.717, 1.165) is 32.5 Å². The molecule has 0 unspecified atom stereocenters. The lowest BCUT2D eigenvalue weighted by atomic mass is 10.1. The van der Waals surface area contributed by atoms with Gasteiger partial charge in [0.25, 0.3) is 0 Å². The minimum atomic E-state index is 0.408. The third kappa shape index (κ3) is 2.76. The molecule has 1 saturated heterocycles. The van der Waals surface area contributed by atoms with Gasteiger partial charge >= 0.3 is 0 Å². The highest BCUT2D eigenvalue weighted by Crippen LogP contribution is 2.13. The monoisotopic (exact) mass is 205 g/mol. The number of likely N-dealkylation sites (tertiary alicyclic amines) is 1. The fourth-order valence-corrected chi connectivity index (χ4v) is 2.01. The van der Waals surface area contributed by atoms with E-state index in [4.69, 9.17) is 5.73 Å². The summed E-state index contributed by atoms with van der Waals surface area (Å²) >= 11 is 0. The van der Waals surface area contributed by atoms with Crippen molar-refractivity contribution in [2.75, 3.05) is 13.1 Å². The normalized spacial score (nSPS) is 19.3. The molecule has 15 heavy (non-hydrogen) atoms. The molecule has 2 N–H and O–H groups in total. The first-order chi connectivity index (χ1) is 7.25. The van der Waals surface area contributed by atoms with E-state index in [1.165, 1.54) is 11.3 Å². The molecule has 3 nitrogen and oxygen atoms in total. The number of rotatable bonds is 2. The maximum absolute atomic E-state index is 5.88. The molecule has 0 radical (unpaired) electrons. The first-order valence-corrected chi connectivity index (χ1v) is 5.64. The van der Waals surface area contributed by atoms with Crippen molar-refractivity contribution < 1.29 is 0 Å². The van der Waals surface area contributed by atoms with Crippen molar-refractivity contribution in [3.63, 3.8) is 0 Å². The van der Waals surface area contributed by atoms with Crippen LogP contribution in [0.2, 0.25) is 0 Å². The summed E-state index contributed by atoms with van der Waals surface area (Å²) in [6, 6.07) is 4.52. The van der Waals surface area contributed by atoms with E-state index in [1.807, 2.05) is 12.3 Å². The topological polar surface area (TPSA) is 42.2 Å². The van der Waals surface area contributed by atoms with Gasteiger partial charge in [-0.25, -0.2) is 0 Å². The van der Waals surface area contributed by atoms with Crippen LogP contribution in [0, 0.1) is 6.92 Å². The van der Waals surface area contributed by atoms with Crippen molar-refractivity contribution in [3.8, 4) is 0 Å². The quantitative estimate of drug-likeness (QED) is 0.791. The number of piperidine rings is 1. The highest BCUT2D eigenvalue weighted by molar-refractivity contribution is 5.17. The highest BCUT2D eigenvalue weighted by atomic mass is 15.1. The zero-order chi connectivity index (χ0) is 10.7. The molecule has 0 atom stereocenters. The molecule has 0 spiro atoms. The van der Waals surface area contributed by atoms with E-state index in [1.54, 1.807) is 0 Å². The molecule has 3 heteroatoms. The Kier molecular flexibility index (Phi) is 3.34. The summed E-state index contributed by atoms with van der Waals surface area (Å²) in [7, 11) is 0. The molecular formula is C12H19N3. The largest absolute Gasteiger partial charge is 0.328 e. The van der Waals surface area contributed by atoms with Gasteiger partial charge in [0.05, 0.1) is 5.69 Å². The van der Waals surface area contributed by atoms with Gasteiger partial charge < -0.3 is 5.73 Å². The van der Waals surface area contributed by atoms with E-state index in [0.29, 0.717) is 6.04 Å². The van der Waals surface area contributed by atoms with Gasteiger partial charge in [-0.05, 0) is 31.4 Å². The Balaban J connectivity index is 1.95. The van der Waals surface area contributed by atoms with Crippen LogP contribution in [0.1, 0.15) is 24.1 Å². The first-order valence-electron chi connectivity index (χ1n) is 5.64. The Labute approximate surface area is 91.3 Å². The van der Waals surface area contributed by atoms with Crippen LogP contribution >= 0.6 is 0 Å². The minimum absolute atomic E-state index is 0.408. The summed E-state index contributed by atoms with van der Waals surface area (Å²) in [6.45, 7) is 5.31. The van der Waals surface area contributed by atoms with Crippen molar-refractivity contribution in [1.29, 1.82) is 0 Å². The summed E-state index contributed by atoms with van der Waals surface area (Å²) in [5.74, 6) is 0. The second-order valence-electron chi connectivity index (χ2n) is 4.38. The molecule has 1 fully saturated rings. The summed E-state index contributed by atoms with van der Waals surface area (Å²) in [4.78, 5) is 6.86. The van der Waals surface area contributed by atoms with E-state index < -0.39 is 0 Å². The van der Waals surface area contributed by atoms with Crippen LogP contribution in [0.4, 0.5) is 0 Å². The van der Waals surface area contributed by atoms with E-state index in [9.17, 15) is 0 Å². The van der Waals surface area contributed by atoms with Crippen LogP contribution in [-0.2, 0) is 6.54 Å². The van der Waals surface area contributed by atoms with Gasteiger partial charge in [0.1, 0.15) is 0 Å². The van der Waals surface area contributed by atoms with Crippen molar-refractivity contribution in [2.24, 2.45) is 5.73 Å². The maximum atomic E-state index is 5.88. The van der Waals surface area contributed by atoms with Gasteiger partial charge in [-0.15, -0.1) is 0 Å². The molecule has 0 bridgehead atoms. The highest BCUT2D eigenvalue weighted by Gasteiger charge is 2.16. The molecule has 1 aliphatic rings. The van der Waals surface area contributed by atoms with Gasteiger partial charge in [0.15, 0.2) is 0 Å². The number of hydrogen-bond acceptors (Lipinski definition) is 3. The Morgan fingerprint density at radius 3 is 2.87 bits per heavy atom. The number of hydrogen-bond donors (Lipinski definition) is 1. The first kappa shape index (κ1) is 10.6. The molecule has 0 aromatic carbocycles. The molecule has 2 heterocycles. The lowest BCUT2D eigenvalue weighted by Crippen LogP contribution is -2.39. The molecule has 0 saturated carbocycles. The zero-order valence-corrected chi connectivity index (χ0v) is 9.32. The van der Waals surface area contributed by atoms with Crippen LogP contribution in [0.15, 0.2) is 18.3 Å². The van der Waals surface area contributed by atoms with Gasteiger partial charge in [-0.1, -0.05) is 6.07 Å². The molecule has 1 aromatic heterocycles. The molecule has 82 valence electrons. The van der Waals surface area contributed by atoms with Crippen LogP contribution in [0.5, 0.6) is 0 Å². The fourth-order valence-electron chi connectivity index (χ4n) is 2.01. The molecule has 0 amide bonds. The van der Waals surface area contributed by atoms with Crippen LogP contribution < -0.4 is 5.73 Å². The van der Waals surface area contributed by atoms with Crippen molar-refractivity contribution >= 4 is 0 Å². The maximum Gasteiger partial charge on any atom is 0.0573 e. The average molecular weight is 205 g/mol. The summed E-state index contributed by atoms with van der Waals surface area (Å²) in [5, 5.41) is 0. The predicted molar refractivity (Wildman–Crippen MR) is 61.5 cm³/mol.